The highest BCUT2D eigenvalue weighted by Crippen LogP contribution is 2.29. The van der Waals surface area contributed by atoms with Crippen molar-refractivity contribution in [3.63, 3.8) is 0 Å². The SMILES string of the molecule is CC(NC(=O)N(C)CC1CC1)C(C)C(=O)O. The Labute approximate surface area is 95.8 Å². The Morgan fingerprint density at radius 1 is 1.44 bits per heavy atom. The molecular weight excluding hydrogens is 208 g/mol. The fourth-order valence-electron chi connectivity index (χ4n) is 1.41. The van der Waals surface area contributed by atoms with E-state index in [1.807, 2.05) is 0 Å². The van der Waals surface area contributed by atoms with Crippen LogP contribution in [0, 0.1) is 11.8 Å². The number of carbonyl (C=O) groups excluding carboxylic acids is 1. The van der Waals surface area contributed by atoms with E-state index >= 15 is 0 Å². The third-order valence-corrected chi connectivity index (χ3v) is 3.07. The largest absolute Gasteiger partial charge is 0.481 e. The van der Waals surface area contributed by atoms with Gasteiger partial charge in [-0.05, 0) is 32.6 Å². The lowest BCUT2D eigenvalue weighted by Gasteiger charge is -2.23. The summed E-state index contributed by atoms with van der Waals surface area (Å²) in [5, 5.41) is 11.5. The minimum absolute atomic E-state index is 0.188. The molecule has 0 aliphatic heterocycles. The first-order valence-corrected chi connectivity index (χ1v) is 5.66. The van der Waals surface area contributed by atoms with Crippen LogP contribution in [0.1, 0.15) is 26.7 Å². The molecule has 0 spiro atoms. The molecule has 1 aliphatic carbocycles. The van der Waals surface area contributed by atoms with Gasteiger partial charge in [0.1, 0.15) is 0 Å². The van der Waals surface area contributed by atoms with Crippen molar-refractivity contribution in [2.45, 2.75) is 32.7 Å². The van der Waals surface area contributed by atoms with Gasteiger partial charge in [-0.3, -0.25) is 4.79 Å². The van der Waals surface area contributed by atoms with Gasteiger partial charge in [0, 0.05) is 19.6 Å². The van der Waals surface area contributed by atoms with Crippen LogP contribution < -0.4 is 5.32 Å². The van der Waals surface area contributed by atoms with Crippen LogP contribution in [0.5, 0.6) is 0 Å². The van der Waals surface area contributed by atoms with E-state index in [4.69, 9.17) is 5.11 Å². The number of hydrogen-bond donors (Lipinski definition) is 2. The number of nitrogens with one attached hydrogen (secondary N) is 1. The molecule has 2 amide bonds. The number of hydrogen-bond acceptors (Lipinski definition) is 2. The van der Waals surface area contributed by atoms with Crippen LogP contribution in [0.2, 0.25) is 0 Å². The standard InChI is InChI=1S/C11H20N2O3/c1-7(10(14)15)8(2)12-11(16)13(3)6-9-4-5-9/h7-9H,4-6H2,1-3H3,(H,12,16)(H,14,15). The summed E-state index contributed by atoms with van der Waals surface area (Å²) < 4.78 is 0. The highest BCUT2D eigenvalue weighted by Gasteiger charge is 2.26. The van der Waals surface area contributed by atoms with Crippen molar-refractivity contribution in [3.8, 4) is 0 Å². The monoisotopic (exact) mass is 228 g/mol. The lowest BCUT2D eigenvalue weighted by atomic mass is 10.0. The Bertz CT molecular complexity index is 276. The Morgan fingerprint density at radius 2 is 2.00 bits per heavy atom. The molecule has 0 heterocycles. The van der Waals surface area contributed by atoms with Gasteiger partial charge < -0.3 is 15.3 Å². The number of amides is 2. The van der Waals surface area contributed by atoms with E-state index in [9.17, 15) is 9.59 Å². The molecule has 0 aromatic heterocycles. The summed E-state index contributed by atoms with van der Waals surface area (Å²) in [6.07, 6.45) is 2.39. The molecule has 2 N–H and O–H groups in total. The summed E-state index contributed by atoms with van der Waals surface area (Å²) in [5.41, 5.74) is 0. The summed E-state index contributed by atoms with van der Waals surface area (Å²) >= 11 is 0. The lowest BCUT2D eigenvalue weighted by molar-refractivity contribution is -0.141. The van der Waals surface area contributed by atoms with Gasteiger partial charge >= 0.3 is 12.0 Å². The summed E-state index contributed by atoms with van der Waals surface area (Å²) in [6, 6.07) is -0.542. The normalized spacial score (nSPS) is 18.7. The third-order valence-electron chi connectivity index (χ3n) is 3.07. The number of rotatable bonds is 5. The minimum atomic E-state index is -0.891. The Balaban J connectivity index is 2.33. The van der Waals surface area contributed by atoms with Crippen molar-refractivity contribution in [1.82, 2.24) is 10.2 Å². The molecule has 92 valence electrons. The number of aliphatic carboxylic acids is 1. The first kappa shape index (κ1) is 12.8. The molecule has 16 heavy (non-hydrogen) atoms. The predicted molar refractivity (Wildman–Crippen MR) is 60.1 cm³/mol. The Hall–Kier alpha value is -1.26. The van der Waals surface area contributed by atoms with E-state index in [1.54, 1.807) is 25.8 Å². The third kappa shape index (κ3) is 3.72. The summed E-state index contributed by atoms with van der Waals surface area (Å²) in [4.78, 5) is 24.0. The predicted octanol–water partition coefficient (Wildman–Crippen LogP) is 1.15. The topological polar surface area (TPSA) is 69.6 Å². The highest BCUT2D eigenvalue weighted by molar-refractivity contribution is 5.76. The Kier molecular flexibility index (Phi) is 4.15. The van der Waals surface area contributed by atoms with Gasteiger partial charge in [-0.25, -0.2) is 4.79 Å². The van der Waals surface area contributed by atoms with Gasteiger partial charge in [-0.2, -0.15) is 0 Å². The molecule has 0 saturated heterocycles. The molecule has 5 nitrogen and oxygen atoms in total. The molecule has 0 aromatic carbocycles. The first-order valence-electron chi connectivity index (χ1n) is 5.66. The number of nitrogens with zero attached hydrogens (tertiary/aromatic N) is 1. The van der Waals surface area contributed by atoms with Crippen LogP contribution in [0.3, 0.4) is 0 Å². The zero-order chi connectivity index (χ0) is 12.3. The molecule has 5 heteroatoms. The van der Waals surface area contributed by atoms with E-state index in [0.29, 0.717) is 5.92 Å². The maximum atomic E-state index is 11.7. The van der Waals surface area contributed by atoms with Crippen molar-refractivity contribution < 1.29 is 14.7 Å². The van der Waals surface area contributed by atoms with Crippen LogP contribution in [0.4, 0.5) is 4.79 Å². The maximum absolute atomic E-state index is 11.7. The summed E-state index contributed by atoms with van der Waals surface area (Å²) in [5.74, 6) is -0.820. The van der Waals surface area contributed by atoms with E-state index in [2.05, 4.69) is 5.32 Å². The van der Waals surface area contributed by atoms with E-state index in [1.165, 1.54) is 12.8 Å². The second-order valence-corrected chi connectivity index (χ2v) is 4.69. The summed E-state index contributed by atoms with van der Waals surface area (Å²) in [6.45, 7) is 4.07. The molecule has 2 unspecified atom stereocenters. The van der Waals surface area contributed by atoms with Gasteiger partial charge in [-0.1, -0.05) is 0 Å². The molecular formula is C11H20N2O3. The fraction of sp³-hybridized carbons (Fsp3) is 0.818. The van der Waals surface area contributed by atoms with Crippen molar-refractivity contribution in [1.29, 1.82) is 0 Å². The fourth-order valence-corrected chi connectivity index (χ4v) is 1.41. The van der Waals surface area contributed by atoms with Gasteiger partial charge in [0.2, 0.25) is 0 Å². The summed E-state index contributed by atoms with van der Waals surface area (Å²) in [7, 11) is 1.74. The second kappa shape index (κ2) is 5.18. The smallest absolute Gasteiger partial charge is 0.317 e. The molecule has 1 saturated carbocycles. The molecule has 2 atom stereocenters. The van der Waals surface area contributed by atoms with Gasteiger partial charge in [-0.15, -0.1) is 0 Å². The van der Waals surface area contributed by atoms with Gasteiger partial charge in [0.25, 0.3) is 0 Å². The maximum Gasteiger partial charge on any atom is 0.317 e. The molecule has 0 aromatic rings. The molecule has 1 aliphatic rings. The number of carboxylic acid groups (broad SMARTS) is 1. The van der Waals surface area contributed by atoms with Crippen molar-refractivity contribution in [2.75, 3.05) is 13.6 Å². The molecule has 0 bridgehead atoms. The number of urea groups is 1. The molecule has 1 rings (SSSR count). The van der Waals surface area contributed by atoms with Crippen molar-refractivity contribution in [3.05, 3.63) is 0 Å². The molecule has 1 fully saturated rings. The van der Waals surface area contributed by atoms with Gasteiger partial charge in [0.15, 0.2) is 0 Å². The Morgan fingerprint density at radius 3 is 2.44 bits per heavy atom. The zero-order valence-corrected chi connectivity index (χ0v) is 10.1. The second-order valence-electron chi connectivity index (χ2n) is 4.69. The van der Waals surface area contributed by atoms with Crippen LogP contribution in [-0.2, 0) is 4.79 Å². The average molecular weight is 228 g/mol. The minimum Gasteiger partial charge on any atom is -0.481 e. The van der Waals surface area contributed by atoms with Crippen LogP contribution in [0.25, 0.3) is 0 Å². The lowest BCUT2D eigenvalue weighted by Crippen LogP contribution is -2.46. The van der Waals surface area contributed by atoms with Gasteiger partial charge in [0.05, 0.1) is 5.92 Å². The van der Waals surface area contributed by atoms with Crippen LogP contribution >= 0.6 is 0 Å². The van der Waals surface area contributed by atoms with Crippen LogP contribution in [-0.4, -0.2) is 41.6 Å². The van der Waals surface area contributed by atoms with E-state index in [0.717, 1.165) is 6.54 Å². The molecule has 0 radical (unpaired) electrons. The number of carboxylic acids is 1. The first-order chi connectivity index (χ1) is 7.41. The quantitative estimate of drug-likeness (QED) is 0.741. The van der Waals surface area contributed by atoms with Crippen LogP contribution in [0.15, 0.2) is 0 Å². The van der Waals surface area contributed by atoms with E-state index in [-0.39, 0.29) is 12.1 Å². The van der Waals surface area contributed by atoms with E-state index < -0.39 is 11.9 Å². The van der Waals surface area contributed by atoms with Crippen molar-refractivity contribution in [2.24, 2.45) is 11.8 Å². The number of carbonyl (C=O) groups is 2. The zero-order valence-electron chi connectivity index (χ0n) is 10.1. The average Bonchev–Trinajstić information content (AvgIpc) is 2.99. The van der Waals surface area contributed by atoms with Crippen molar-refractivity contribution >= 4 is 12.0 Å². The highest BCUT2D eigenvalue weighted by atomic mass is 16.4.